The van der Waals surface area contributed by atoms with Gasteiger partial charge in [0.2, 0.25) is 0 Å². The van der Waals surface area contributed by atoms with Gasteiger partial charge in [-0.1, -0.05) is 29.3 Å². The quantitative estimate of drug-likeness (QED) is 0.824. The Balaban J connectivity index is 1.81. The van der Waals surface area contributed by atoms with E-state index >= 15 is 0 Å². The first kappa shape index (κ1) is 14.8. The molecule has 1 aliphatic rings. The van der Waals surface area contributed by atoms with Crippen LogP contribution in [0.25, 0.3) is 0 Å². The van der Waals surface area contributed by atoms with Gasteiger partial charge in [0.25, 0.3) is 5.56 Å². The molecule has 1 aromatic carbocycles. The van der Waals surface area contributed by atoms with E-state index < -0.39 is 0 Å². The molecule has 0 radical (unpaired) electrons. The lowest BCUT2D eigenvalue weighted by Crippen LogP contribution is -2.34. The van der Waals surface area contributed by atoms with Crippen LogP contribution >= 0.6 is 35.4 Å². The van der Waals surface area contributed by atoms with E-state index in [1.165, 1.54) is 0 Å². The van der Waals surface area contributed by atoms with Crippen molar-refractivity contribution < 1.29 is 0 Å². The van der Waals surface area contributed by atoms with Crippen LogP contribution in [0.4, 0.5) is 0 Å². The maximum atomic E-state index is 11.8. The standard InChI is InChI=1S/C14H13Cl2N3OS/c15-10-2-1-8(5-11(10)16)6-19-4-3-9-12(7-19)17-14(21)18-13(9)20/h1-2,5H,3-4,6-7H2,(H2,17,18,20,21). The second-order valence-corrected chi connectivity index (χ2v) is 6.30. The Morgan fingerprint density at radius 1 is 1.24 bits per heavy atom. The van der Waals surface area contributed by atoms with Gasteiger partial charge in [-0.3, -0.25) is 14.7 Å². The molecule has 2 aromatic rings. The lowest BCUT2D eigenvalue weighted by atomic mass is 10.1. The average molecular weight is 342 g/mol. The summed E-state index contributed by atoms with van der Waals surface area (Å²) in [5.41, 5.74) is 2.71. The van der Waals surface area contributed by atoms with E-state index in [1.807, 2.05) is 12.1 Å². The number of halogens is 2. The molecular weight excluding hydrogens is 329 g/mol. The van der Waals surface area contributed by atoms with E-state index in [0.29, 0.717) is 27.8 Å². The van der Waals surface area contributed by atoms with Crippen molar-refractivity contribution >= 4 is 35.4 Å². The Hall–Kier alpha value is -1.14. The summed E-state index contributed by atoms with van der Waals surface area (Å²) in [6, 6.07) is 5.64. The van der Waals surface area contributed by atoms with Crippen LogP contribution < -0.4 is 5.56 Å². The fraction of sp³-hybridized carbons (Fsp3) is 0.286. The third kappa shape index (κ3) is 3.21. The number of fused-ring (bicyclic) bond motifs is 1. The van der Waals surface area contributed by atoms with Crippen LogP contribution in [0.2, 0.25) is 10.0 Å². The fourth-order valence-electron chi connectivity index (χ4n) is 2.56. The van der Waals surface area contributed by atoms with Crippen LogP contribution in [0.3, 0.4) is 0 Å². The first-order chi connectivity index (χ1) is 10.0. The van der Waals surface area contributed by atoms with Crippen molar-refractivity contribution in [1.29, 1.82) is 0 Å². The second kappa shape index (κ2) is 5.93. The smallest absolute Gasteiger partial charge is 0.255 e. The molecule has 110 valence electrons. The molecule has 0 unspecified atom stereocenters. The number of H-pyrrole nitrogens is 2. The molecule has 1 aliphatic heterocycles. The van der Waals surface area contributed by atoms with Crippen molar-refractivity contribution in [3.8, 4) is 0 Å². The van der Waals surface area contributed by atoms with Gasteiger partial charge in [-0.05, 0) is 36.3 Å². The van der Waals surface area contributed by atoms with Gasteiger partial charge in [-0.2, -0.15) is 0 Å². The molecule has 0 bridgehead atoms. The van der Waals surface area contributed by atoms with Gasteiger partial charge >= 0.3 is 0 Å². The summed E-state index contributed by atoms with van der Waals surface area (Å²) in [4.78, 5) is 19.8. The van der Waals surface area contributed by atoms with E-state index in [9.17, 15) is 4.79 Å². The normalized spacial score (nSPS) is 15.0. The van der Waals surface area contributed by atoms with Crippen molar-refractivity contribution in [1.82, 2.24) is 14.9 Å². The molecule has 2 N–H and O–H groups in total. The summed E-state index contributed by atoms with van der Waals surface area (Å²) in [5, 5.41) is 1.11. The van der Waals surface area contributed by atoms with E-state index in [1.54, 1.807) is 6.07 Å². The van der Waals surface area contributed by atoms with Crippen molar-refractivity contribution in [2.24, 2.45) is 0 Å². The molecule has 3 rings (SSSR count). The molecule has 0 aliphatic carbocycles. The van der Waals surface area contributed by atoms with Gasteiger partial charge in [-0.25, -0.2) is 0 Å². The molecule has 0 saturated heterocycles. The van der Waals surface area contributed by atoms with Gasteiger partial charge in [0.15, 0.2) is 4.77 Å². The number of rotatable bonds is 2. The number of aromatic nitrogens is 2. The monoisotopic (exact) mass is 341 g/mol. The predicted octanol–water partition coefficient (Wildman–Crippen LogP) is 3.30. The highest BCUT2D eigenvalue weighted by Crippen LogP contribution is 2.24. The summed E-state index contributed by atoms with van der Waals surface area (Å²) in [6.07, 6.45) is 0.706. The molecular formula is C14H13Cl2N3OS. The molecule has 0 amide bonds. The van der Waals surface area contributed by atoms with Crippen LogP contribution in [0.5, 0.6) is 0 Å². The van der Waals surface area contributed by atoms with Crippen LogP contribution in [0.15, 0.2) is 23.0 Å². The largest absolute Gasteiger partial charge is 0.334 e. The highest BCUT2D eigenvalue weighted by molar-refractivity contribution is 7.71. The molecule has 2 heterocycles. The van der Waals surface area contributed by atoms with Crippen molar-refractivity contribution in [3.05, 3.63) is 60.2 Å². The fourth-order valence-corrected chi connectivity index (χ4v) is 3.10. The van der Waals surface area contributed by atoms with Crippen molar-refractivity contribution in [2.75, 3.05) is 6.54 Å². The summed E-state index contributed by atoms with van der Waals surface area (Å²) in [7, 11) is 0. The van der Waals surface area contributed by atoms with Crippen LogP contribution in [0.1, 0.15) is 16.8 Å². The number of nitrogens with zero attached hydrogens (tertiary/aromatic N) is 1. The summed E-state index contributed by atoms with van der Waals surface area (Å²) >= 11 is 17.0. The lowest BCUT2D eigenvalue weighted by Gasteiger charge is -2.27. The molecule has 1 aromatic heterocycles. The zero-order valence-corrected chi connectivity index (χ0v) is 13.4. The minimum absolute atomic E-state index is 0.0806. The Bertz CT molecular complexity index is 800. The zero-order valence-electron chi connectivity index (χ0n) is 11.1. The number of hydrogen-bond acceptors (Lipinski definition) is 3. The van der Waals surface area contributed by atoms with E-state index in [-0.39, 0.29) is 5.56 Å². The first-order valence-corrected chi connectivity index (χ1v) is 7.70. The van der Waals surface area contributed by atoms with Gasteiger partial charge in [0.1, 0.15) is 0 Å². The maximum absolute atomic E-state index is 11.8. The molecule has 7 heteroatoms. The number of hydrogen-bond donors (Lipinski definition) is 2. The lowest BCUT2D eigenvalue weighted by molar-refractivity contribution is 0.240. The molecule has 4 nitrogen and oxygen atoms in total. The van der Waals surface area contributed by atoms with Crippen LogP contribution in [0, 0.1) is 4.77 Å². The summed E-state index contributed by atoms with van der Waals surface area (Å²) in [5.74, 6) is 0. The molecule has 0 saturated carbocycles. The summed E-state index contributed by atoms with van der Waals surface area (Å²) in [6.45, 7) is 2.24. The Labute approximate surface area is 136 Å². The predicted molar refractivity (Wildman–Crippen MR) is 86.5 cm³/mol. The SMILES string of the molecule is O=c1[nH]c(=S)[nH]c2c1CCN(Cc1ccc(Cl)c(Cl)c1)C2. The zero-order chi connectivity index (χ0) is 15.0. The molecule has 0 spiro atoms. The highest BCUT2D eigenvalue weighted by atomic mass is 35.5. The maximum Gasteiger partial charge on any atom is 0.255 e. The van der Waals surface area contributed by atoms with Gasteiger partial charge in [-0.15, -0.1) is 0 Å². The Kier molecular flexibility index (Phi) is 4.17. The van der Waals surface area contributed by atoms with Crippen LogP contribution in [-0.4, -0.2) is 21.4 Å². The molecule has 0 atom stereocenters. The number of benzene rings is 1. The van der Waals surface area contributed by atoms with E-state index in [4.69, 9.17) is 35.4 Å². The topological polar surface area (TPSA) is 51.9 Å². The highest BCUT2D eigenvalue weighted by Gasteiger charge is 2.19. The second-order valence-electron chi connectivity index (χ2n) is 5.07. The average Bonchev–Trinajstić information content (AvgIpc) is 2.42. The Morgan fingerprint density at radius 2 is 2.05 bits per heavy atom. The minimum Gasteiger partial charge on any atom is -0.334 e. The summed E-state index contributed by atoms with van der Waals surface area (Å²) < 4.78 is 0.370. The molecule has 0 fully saturated rings. The van der Waals surface area contributed by atoms with E-state index in [0.717, 1.165) is 29.9 Å². The number of aromatic amines is 2. The molecule has 21 heavy (non-hydrogen) atoms. The van der Waals surface area contributed by atoms with Crippen molar-refractivity contribution in [3.63, 3.8) is 0 Å². The van der Waals surface area contributed by atoms with Gasteiger partial charge < -0.3 is 4.98 Å². The first-order valence-electron chi connectivity index (χ1n) is 6.53. The minimum atomic E-state index is -0.0806. The van der Waals surface area contributed by atoms with Gasteiger partial charge in [0, 0.05) is 30.9 Å². The van der Waals surface area contributed by atoms with Crippen molar-refractivity contribution in [2.45, 2.75) is 19.5 Å². The van der Waals surface area contributed by atoms with Crippen LogP contribution in [-0.2, 0) is 19.5 Å². The Morgan fingerprint density at radius 3 is 2.81 bits per heavy atom. The van der Waals surface area contributed by atoms with E-state index in [2.05, 4.69) is 14.9 Å². The third-order valence-electron chi connectivity index (χ3n) is 3.58. The third-order valence-corrected chi connectivity index (χ3v) is 4.52. The number of nitrogens with one attached hydrogen (secondary N) is 2. The van der Waals surface area contributed by atoms with Gasteiger partial charge in [0.05, 0.1) is 10.0 Å².